The van der Waals surface area contributed by atoms with Crippen molar-refractivity contribution in [2.75, 3.05) is 33.3 Å². The summed E-state index contributed by atoms with van der Waals surface area (Å²) in [4.78, 5) is 39.0. The number of piperidine rings is 1. The number of carbonyl (C=O) groups excluding carboxylic acids is 2. The average Bonchev–Trinajstić information content (AvgIpc) is 2.71. The molecule has 1 fully saturated rings. The van der Waals surface area contributed by atoms with E-state index in [2.05, 4.69) is 6.92 Å². The van der Waals surface area contributed by atoms with E-state index in [0.29, 0.717) is 38.1 Å². The lowest BCUT2D eigenvalue weighted by atomic mass is 9.97. The molecule has 154 valence electrons. The lowest BCUT2D eigenvalue weighted by Crippen LogP contribution is -2.45. The van der Waals surface area contributed by atoms with Crippen LogP contribution in [-0.4, -0.2) is 66.0 Å². The fourth-order valence-electron chi connectivity index (χ4n) is 3.21. The number of hydrogen-bond donors (Lipinski definition) is 1. The molecule has 0 spiro atoms. The molecule has 0 aromatic heterocycles. The van der Waals surface area contributed by atoms with Gasteiger partial charge in [0.15, 0.2) is 0 Å². The van der Waals surface area contributed by atoms with Crippen LogP contribution in [0.1, 0.15) is 49.4 Å². The SMILES string of the molecule is CCCCCOc1ccc(C(=O)N(C)CC(=O)N2CCC(C(=O)O)CC2)cc1. The maximum atomic E-state index is 12.6. The van der Waals surface area contributed by atoms with Gasteiger partial charge >= 0.3 is 5.97 Å². The maximum absolute atomic E-state index is 12.6. The summed E-state index contributed by atoms with van der Waals surface area (Å²) in [7, 11) is 1.60. The van der Waals surface area contributed by atoms with E-state index >= 15 is 0 Å². The van der Waals surface area contributed by atoms with Gasteiger partial charge in [-0.15, -0.1) is 0 Å². The van der Waals surface area contributed by atoms with Crippen molar-refractivity contribution in [1.82, 2.24) is 9.80 Å². The van der Waals surface area contributed by atoms with E-state index in [0.717, 1.165) is 25.0 Å². The number of benzene rings is 1. The summed E-state index contributed by atoms with van der Waals surface area (Å²) in [5, 5.41) is 9.03. The molecule has 0 saturated carbocycles. The minimum Gasteiger partial charge on any atom is -0.494 e. The third-order valence-electron chi connectivity index (χ3n) is 5.03. The highest BCUT2D eigenvalue weighted by Gasteiger charge is 2.28. The summed E-state index contributed by atoms with van der Waals surface area (Å²) < 4.78 is 5.65. The number of aliphatic carboxylic acids is 1. The first-order valence-corrected chi connectivity index (χ1v) is 9.91. The van der Waals surface area contributed by atoms with Crippen molar-refractivity contribution in [2.45, 2.75) is 39.0 Å². The Kier molecular flexibility index (Phi) is 8.29. The van der Waals surface area contributed by atoms with Crippen molar-refractivity contribution in [2.24, 2.45) is 5.92 Å². The number of likely N-dealkylation sites (tertiary alicyclic amines) is 1. The molecule has 1 aliphatic heterocycles. The fraction of sp³-hybridized carbons (Fsp3) is 0.571. The van der Waals surface area contributed by atoms with Gasteiger partial charge in [-0.2, -0.15) is 0 Å². The van der Waals surface area contributed by atoms with Gasteiger partial charge in [-0.05, 0) is 43.5 Å². The predicted octanol–water partition coefficient (Wildman–Crippen LogP) is 2.65. The lowest BCUT2D eigenvalue weighted by Gasteiger charge is -2.31. The van der Waals surface area contributed by atoms with Crippen molar-refractivity contribution >= 4 is 17.8 Å². The van der Waals surface area contributed by atoms with Crippen LogP contribution in [0.15, 0.2) is 24.3 Å². The van der Waals surface area contributed by atoms with Gasteiger partial charge in [0, 0.05) is 25.7 Å². The van der Waals surface area contributed by atoms with Gasteiger partial charge < -0.3 is 19.6 Å². The lowest BCUT2D eigenvalue weighted by molar-refractivity contribution is -0.145. The van der Waals surface area contributed by atoms with Crippen molar-refractivity contribution in [3.8, 4) is 5.75 Å². The van der Waals surface area contributed by atoms with Crippen LogP contribution in [0.25, 0.3) is 0 Å². The van der Waals surface area contributed by atoms with E-state index in [-0.39, 0.29) is 24.3 Å². The molecule has 1 N–H and O–H groups in total. The summed E-state index contributed by atoms with van der Waals surface area (Å²) >= 11 is 0. The zero-order valence-corrected chi connectivity index (χ0v) is 16.7. The smallest absolute Gasteiger partial charge is 0.306 e. The number of unbranched alkanes of at least 4 members (excludes halogenated alkanes) is 2. The summed E-state index contributed by atoms with van der Waals surface area (Å²) in [6.07, 6.45) is 4.19. The standard InChI is InChI=1S/C21H30N2O5/c1-3-4-5-14-28-18-8-6-16(7-9-18)20(25)22(2)15-19(24)23-12-10-17(11-13-23)21(26)27/h6-9,17H,3-5,10-15H2,1-2H3,(H,26,27). The highest BCUT2D eigenvalue weighted by Crippen LogP contribution is 2.18. The second kappa shape index (κ2) is 10.7. The van der Waals surface area contributed by atoms with Crippen LogP contribution in [0.4, 0.5) is 0 Å². The van der Waals surface area contributed by atoms with Gasteiger partial charge in [-0.3, -0.25) is 14.4 Å². The third-order valence-corrected chi connectivity index (χ3v) is 5.03. The number of carboxylic acid groups (broad SMARTS) is 1. The van der Waals surface area contributed by atoms with Crippen molar-refractivity contribution in [3.05, 3.63) is 29.8 Å². The molecule has 0 unspecified atom stereocenters. The van der Waals surface area contributed by atoms with Crippen LogP contribution < -0.4 is 4.74 Å². The summed E-state index contributed by atoms with van der Waals surface area (Å²) in [6, 6.07) is 6.95. The topological polar surface area (TPSA) is 87.2 Å². The predicted molar refractivity (Wildman–Crippen MR) is 105 cm³/mol. The molecular weight excluding hydrogens is 360 g/mol. The minimum absolute atomic E-state index is 0.0220. The first kappa shape index (κ1) is 21.7. The van der Waals surface area contributed by atoms with Gasteiger partial charge in [-0.1, -0.05) is 19.8 Å². The van der Waals surface area contributed by atoms with Gasteiger partial charge in [0.1, 0.15) is 5.75 Å². The Morgan fingerprint density at radius 3 is 2.36 bits per heavy atom. The first-order valence-electron chi connectivity index (χ1n) is 9.91. The quantitative estimate of drug-likeness (QED) is 0.655. The summed E-state index contributed by atoms with van der Waals surface area (Å²) in [5.74, 6) is -0.849. The molecule has 1 heterocycles. The molecule has 0 radical (unpaired) electrons. The highest BCUT2D eigenvalue weighted by molar-refractivity contribution is 5.96. The Bertz CT molecular complexity index is 666. The number of amides is 2. The number of hydrogen-bond acceptors (Lipinski definition) is 4. The van der Waals surface area contributed by atoms with Crippen molar-refractivity contribution < 1.29 is 24.2 Å². The van der Waals surface area contributed by atoms with E-state index in [1.54, 1.807) is 36.2 Å². The van der Waals surface area contributed by atoms with Crippen molar-refractivity contribution in [1.29, 1.82) is 0 Å². The Morgan fingerprint density at radius 1 is 1.14 bits per heavy atom. The van der Waals surface area contributed by atoms with Crippen LogP contribution in [-0.2, 0) is 9.59 Å². The Balaban J connectivity index is 1.81. The summed E-state index contributed by atoms with van der Waals surface area (Å²) in [6.45, 7) is 3.61. The minimum atomic E-state index is -0.808. The zero-order chi connectivity index (χ0) is 20.5. The van der Waals surface area contributed by atoms with E-state index in [4.69, 9.17) is 9.84 Å². The normalized spacial score (nSPS) is 14.6. The van der Waals surface area contributed by atoms with Crippen LogP contribution >= 0.6 is 0 Å². The molecule has 2 rings (SSSR count). The number of carboxylic acids is 1. The van der Waals surface area contributed by atoms with E-state index in [9.17, 15) is 14.4 Å². The number of rotatable bonds is 9. The third kappa shape index (κ3) is 6.25. The van der Waals surface area contributed by atoms with Crippen LogP contribution in [0.2, 0.25) is 0 Å². The molecule has 1 saturated heterocycles. The van der Waals surface area contributed by atoms with Gasteiger partial charge in [0.25, 0.3) is 5.91 Å². The monoisotopic (exact) mass is 390 g/mol. The molecule has 0 atom stereocenters. The number of likely N-dealkylation sites (N-methyl/N-ethyl adjacent to an activating group) is 1. The zero-order valence-electron chi connectivity index (χ0n) is 16.7. The Labute approximate surface area is 166 Å². The molecule has 2 amide bonds. The molecule has 1 aromatic rings. The highest BCUT2D eigenvalue weighted by atomic mass is 16.5. The van der Waals surface area contributed by atoms with Gasteiger partial charge in [0.2, 0.25) is 5.91 Å². The van der Waals surface area contributed by atoms with Crippen molar-refractivity contribution in [3.63, 3.8) is 0 Å². The number of nitrogens with zero attached hydrogens (tertiary/aromatic N) is 2. The number of ether oxygens (including phenoxy) is 1. The first-order chi connectivity index (χ1) is 13.4. The number of carbonyl (C=O) groups is 3. The Morgan fingerprint density at radius 2 is 1.79 bits per heavy atom. The molecule has 1 aliphatic rings. The molecular formula is C21H30N2O5. The van der Waals surface area contributed by atoms with Crippen LogP contribution in [0.3, 0.4) is 0 Å². The average molecular weight is 390 g/mol. The molecule has 7 heteroatoms. The van der Waals surface area contributed by atoms with Crippen LogP contribution in [0, 0.1) is 5.92 Å². The molecule has 1 aromatic carbocycles. The molecule has 28 heavy (non-hydrogen) atoms. The summed E-state index contributed by atoms with van der Waals surface area (Å²) in [5.41, 5.74) is 0.501. The maximum Gasteiger partial charge on any atom is 0.306 e. The molecule has 0 aliphatic carbocycles. The Hall–Kier alpha value is -2.57. The van der Waals surface area contributed by atoms with Gasteiger partial charge in [0.05, 0.1) is 19.1 Å². The second-order valence-electron chi connectivity index (χ2n) is 7.23. The molecule has 0 bridgehead atoms. The van der Waals surface area contributed by atoms with E-state index < -0.39 is 5.97 Å². The second-order valence-corrected chi connectivity index (χ2v) is 7.23. The fourth-order valence-corrected chi connectivity index (χ4v) is 3.21. The van der Waals surface area contributed by atoms with E-state index in [1.165, 1.54) is 4.90 Å². The van der Waals surface area contributed by atoms with E-state index in [1.807, 2.05) is 0 Å². The van der Waals surface area contributed by atoms with Crippen LogP contribution in [0.5, 0.6) is 5.75 Å². The molecule has 7 nitrogen and oxygen atoms in total. The van der Waals surface area contributed by atoms with Gasteiger partial charge in [-0.25, -0.2) is 0 Å². The largest absolute Gasteiger partial charge is 0.494 e.